The van der Waals surface area contributed by atoms with Crippen molar-refractivity contribution in [2.45, 2.75) is 17.4 Å². The highest BCUT2D eigenvalue weighted by atomic mass is 79.9. The van der Waals surface area contributed by atoms with E-state index in [1.165, 1.54) is 0 Å². The Morgan fingerprint density at radius 1 is 1.55 bits per heavy atom. The molecule has 0 radical (unpaired) electrons. The van der Waals surface area contributed by atoms with Gasteiger partial charge in [-0.1, -0.05) is 0 Å². The molecular formula is C13H15BrN2O2S2. The summed E-state index contributed by atoms with van der Waals surface area (Å²) >= 11 is 6.87. The van der Waals surface area contributed by atoms with Crippen molar-refractivity contribution in [3.63, 3.8) is 0 Å². The molecule has 0 saturated carbocycles. The summed E-state index contributed by atoms with van der Waals surface area (Å²) in [4.78, 5) is 11.8. The summed E-state index contributed by atoms with van der Waals surface area (Å²) in [6.07, 6.45) is 2.01. The predicted molar refractivity (Wildman–Crippen MR) is 89.5 cm³/mol. The van der Waals surface area contributed by atoms with Crippen molar-refractivity contribution >= 4 is 51.6 Å². The Morgan fingerprint density at radius 2 is 2.25 bits per heavy atom. The normalized spacial score (nSPS) is 17.5. The van der Waals surface area contributed by atoms with Crippen LogP contribution in [-0.4, -0.2) is 32.8 Å². The van der Waals surface area contributed by atoms with Crippen molar-refractivity contribution in [2.24, 2.45) is 5.10 Å². The van der Waals surface area contributed by atoms with Crippen LogP contribution in [0.3, 0.4) is 0 Å². The maximum Gasteiger partial charge on any atom is 0.242 e. The standard InChI is InChI=1S/C13H15BrN2O2S2/c1-13(19-4-5-20-13)7-12(18)16-15-8-9-2-3-11(17)10(14)6-9/h2-3,6,8,17H,4-5,7H2,1H3,(H,16,18)/b15-8-. The second-order valence-electron chi connectivity index (χ2n) is 4.51. The smallest absolute Gasteiger partial charge is 0.242 e. The average molecular weight is 375 g/mol. The number of carbonyl (C=O) groups excluding carboxylic acids is 1. The van der Waals surface area contributed by atoms with Gasteiger partial charge in [0.25, 0.3) is 0 Å². The Kier molecular flexibility index (Phi) is 5.40. The molecule has 108 valence electrons. The van der Waals surface area contributed by atoms with Gasteiger partial charge >= 0.3 is 0 Å². The van der Waals surface area contributed by atoms with E-state index in [9.17, 15) is 9.90 Å². The van der Waals surface area contributed by atoms with Crippen molar-refractivity contribution < 1.29 is 9.90 Å². The largest absolute Gasteiger partial charge is 0.507 e. The van der Waals surface area contributed by atoms with E-state index in [1.807, 2.05) is 23.5 Å². The SMILES string of the molecule is CC1(CC(=O)N/N=C\c2ccc(O)c(Br)c2)SCCS1. The number of hydrogen-bond acceptors (Lipinski definition) is 5. The van der Waals surface area contributed by atoms with Crippen molar-refractivity contribution in [1.82, 2.24) is 5.43 Å². The minimum atomic E-state index is -0.0801. The van der Waals surface area contributed by atoms with E-state index in [0.717, 1.165) is 17.1 Å². The topological polar surface area (TPSA) is 61.7 Å². The van der Waals surface area contributed by atoms with Crippen LogP contribution in [0, 0.1) is 0 Å². The zero-order valence-corrected chi connectivity index (χ0v) is 14.1. The van der Waals surface area contributed by atoms with Crippen LogP contribution in [-0.2, 0) is 4.79 Å². The number of phenolic OH excluding ortho intramolecular Hbond substituents is 1. The molecule has 4 nitrogen and oxygen atoms in total. The second-order valence-corrected chi connectivity index (χ2v) is 8.82. The third kappa shape index (κ3) is 4.43. The van der Waals surface area contributed by atoms with Gasteiger partial charge in [0, 0.05) is 11.5 Å². The lowest BCUT2D eigenvalue weighted by Crippen LogP contribution is -2.26. The molecule has 2 rings (SSSR count). The van der Waals surface area contributed by atoms with Gasteiger partial charge in [0.2, 0.25) is 5.91 Å². The molecule has 0 bridgehead atoms. The molecule has 1 aliphatic rings. The molecule has 0 unspecified atom stereocenters. The van der Waals surface area contributed by atoms with E-state index >= 15 is 0 Å². The van der Waals surface area contributed by atoms with Gasteiger partial charge in [0.15, 0.2) is 0 Å². The maximum atomic E-state index is 11.8. The Morgan fingerprint density at radius 3 is 2.90 bits per heavy atom. The quantitative estimate of drug-likeness (QED) is 0.627. The zero-order chi connectivity index (χ0) is 14.6. The number of nitrogens with one attached hydrogen (secondary N) is 1. The third-order valence-electron chi connectivity index (χ3n) is 2.75. The minimum Gasteiger partial charge on any atom is -0.507 e. The van der Waals surface area contributed by atoms with Crippen LogP contribution in [0.25, 0.3) is 0 Å². The first-order valence-electron chi connectivity index (χ1n) is 6.07. The lowest BCUT2D eigenvalue weighted by Gasteiger charge is -2.19. The fraction of sp³-hybridized carbons (Fsp3) is 0.385. The van der Waals surface area contributed by atoms with Gasteiger partial charge in [0.05, 0.1) is 21.2 Å². The van der Waals surface area contributed by atoms with Crippen LogP contribution in [0.1, 0.15) is 18.9 Å². The first kappa shape index (κ1) is 15.7. The molecule has 0 spiro atoms. The highest BCUT2D eigenvalue weighted by Gasteiger charge is 2.32. The Balaban J connectivity index is 1.86. The van der Waals surface area contributed by atoms with E-state index in [4.69, 9.17) is 0 Å². The number of carbonyl (C=O) groups is 1. The molecule has 1 aromatic carbocycles. The van der Waals surface area contributed by atoms with E-state index in [-0.39, 0.29) is 15.7 Å². The van der Waals surface area contributed by atoms with Gasteiger partial charge in [0.1, 0.15) is 5.75 Å². The number of benzene rings is 1. The fourth-order valence-electron chi connectivity index (χ4n) is 1.77. The molecule has 1 amide bonds. The lowest BCUT2D eigenvalue weighted by atomic mass is 10.2. The molecule has 1 aliphatic heterocycles. The summed E-state index contributed by atoms with van der Waals surface area (Å²) in [5.41, 5.74) is 3.34. The number of amides is 1. The van der Waals surface area contributed by atoms with Gasteiger partial charge in [-0.05, 0) is 46.6 Å². The number of hydrogen-bond donors (Lipinski definition) is 2. The Hall–Kier alpha value is -0.660. The molecule has 1 aromatic rings. The Labute approximate surface area is 134 Å². The highest BCUT2D eigenvalue weighted by molar-refractivity contribution is 9.10. The highest BCUT2D eigenvalue weighted by Crippen LogP contribution is 2.45. The molecule has 0 aliphatic carbocycles. The van der Waals surface area contributed by atoms with Gasteiger partial charge in [-0.15, -0.1) is 23.5 Å². The summed E-state index contributed by atoms with van der Waals surface area (Å²) in [7, 11) is 0. The van der Waals surface area contributed by atoms with Gasteiger partial charge in [-0.2, -0.15) is 5.10 Å². The van der Waals surface area contributed by atoms with Crippen molar-refractivity contribution in [2.75, 3.05) is 11.5 Å². The lowest BCUT2D eigenvalue weighted by molar-refractivity contribution is -0.121. The monoisotopic (exact) mass is 374 g/mol. The van der Waals surface area contributed by atoms with Gasteiger partial charge in [-0.25, -0.2) is 5.43 Å². The summed E-state index contributed by atoms with van der Waals surface area (Å²) in [5, 5.41) is 13.3. The summed E-state index contributed by atoms with van der Waals surface area (Å²) in [5.74, 6) is 2.29. The van der Waals surface area contributed by atoms with Crippen molar-refractivity contribution in [3.05, 3.63) is 28.2 Å². The first-order valence-corrected chi connectivity index (χ1v) is 8.83. The number of rotatable bonds is 4. The van der Waals surface area contributed by atoms with Crippen LogP contribution in [0.4, 0.5) is 0 Å². The van der Waals surface area contributed by atoms with E-state index in [0.29, 0.717) is 10.9 Å². The van der Waals surface area contributed by atoms with Gasteiger partial charge in [-0.3, -0.25) is 4.79 Å². The first-order chi connectivity index (χ1) is 9.48. The van der Waals surface area contributed by atoms with Crippen LogP contribution < -0.4 is 5.43 Å². The molecule has 1 heterocycles. The van der Waals surface area contributed by atoms with E-state index in [2.05, 4.69) is 33.4 Å². The van der Waals surface area contributed by atoms with E-state index < -0.39 is 0 Å². The molecule has 0 aromatic heterocycles. The minimum absolute atomic E-state index is 0.0266. The molecule has 2 N–H and O–H groups in total. The number of aromatic hydroxyl groups is 1. The fourth-order valence-corrected chi connectivity index (χ4v) is 5.00. The van der Waals surface area contributed by atoms with Gasteiger partial charge < -0.3 is 5.11 Å². The molecule has 20 heavy (non-hydrogen) atoms. The number of phenols is 1. The van der Waals surface area contributed by atoms with Crippen LogP contribution >= 0.6 is 39.5 Å². The molecule has 1 fully saturated rings. The maximum absolute atomic E-state index is 11.8. The predicted octanol–water partition coefficient (Wildman–Crippen LogP) is 3.19. The molecular weight excluding hydrogens is 360 g/mol. The zero-order valence-electron chi connectivity index (χ0n) is 10.9. The number of hydrazone groups is 1. The summed E-state index contributed by atoms with van der Waals surface area (Å²) in [6.45, 7) is 2.09. The molecule has 1 saturated heterocycles. The third-order valence-corrected chi connectivity index (χ3v) is 6.68. The second kappa shape index (κ2) is 6.87. The number of thioether (sulfide) groups is 2. The van der Waals surface area contributed by atoms with Crippen LogP contribution in [0.5, 0.6) is 5.75 Å². The number of halogens is 1. The average Bonchev–Trinajstić information content (AvgIpc) is 2.80. The van der Waals surface area contributed by atoms with Crippen LogP contribution in [0.2, 0.25) is 0 Å². The summed E-state index contributed by atoms with van der Waals surface area (Å²) < 4.78 is 0.570. The van der Waals surface area contributed by atoms with Crippen molar-refractivity contribution in [3.8, 4) is 5.75 Å². The Bertz CT molecular complexity index is 531. The molecule has 0 atom stereocenters. The number of nitrogens with zero attached hydrogens (tertiary/aromatic N) is 1. The molecule has 7 heteroatoms. The van der Waals surface area contributed by atoms with E-state index in [1.54, 1.807) is 24.4 Å². The van der Waals surface area contributed by atoms with Crippen molar-refractivity contribution in [1.29, 1.82) is 0 Å². The van der Waals surface area contributed by atoms with Crippen LogP contribution in [0.15, 0.2) is 27.8 Å². The summed E-state index contributed by atoms with van der Waals surface area (Å²) in [6, 6.07) is 5.02.